The Hall–Kier alpha value is -2.30. The van der Waals surface area contributed by atoms with Crippen LogP contribution in [0.15, 0.2) is 30.3 Å². The lowest BCUT2D eigenvalue weighted by Gasteiger charge is -2.30. The number of benzene rings is 1. The number of nitrogens with one attached hydrogen (secondary N) is 1. The molecular weight excluding hydrogens is 288 g/mol. The molecule has 2 heterocycles. The Labute approximate surface area is 137 Å². The molecule has 1 aromatic carbocycles. The van der Waals surface area contributed by atoms with Gasteiger partial charge in [-0.2, -0.15) is 4.98 Å². The van der Waals surface area contributed by atoms with Crippen molar-refractivity contribution in [2.45, 2.75) is 26.7 Å². The van der Waals surface area contributed by atoms with Gasteiger partial charge in [-0.15, -0.1) is 0 Å². The second kappa shape index (κ2) is 6.86. The molecule has 122 valence electrons. The van der Waals surface area contributed by atoms with Crippen LogP contribution in [0.4, 0.5) is 17.5 Å². The van der Waals surface area contributed by atoms with Crippen LogP contribution in [0.5, 0.6) is 5.75 Å². The van der Waals surface area contributed by atoms with Crippen molar-refractivity contribution >= 4 is 17.5 Å². The maximum Gasteiger partial charge on any atom is 0.227 e. The van der Waals surface area contributed by atoms with E-state index >= 15 is 0 Å². The molecule has 0 unspecified atom stereocenters. The molecule has 1 aliphatic rings. The number of ether oxygens (including phenoxy) is 1. The lowest BCUT2D eigenvalue weighted by Crippen LogP contribution is -2.34. The molecule has 2 aromatic rings. The Morgan fingerprint density at radius 3 is 2.70 bits per heavy atom. The molecule has 1 N–H and O–H groups in total. The summed E-state index contributed by atoms with van der Waals surface area (Å²) in [7, 11) is 1.67. The summed E-state index contributed by atoms with van der Waals surface area (Å²) < 4.78 is 5.26. The van der Waals surface area contributed by atoms with Crippen LogP contribution in [-0.4, -0.2) is 30.2 Å². The van der Waals surface area contributed by atoms with Crippen LogP contribution in [0, 0.1) is 12.8 Å². The van der Waals surface area contributed by atoms with Gasteiger partial charge in [-0.3, -0.25) is 0 Å². The van der Waals surface area contributed by atoms with Crippen molar-refractivity contribution in [3.8, 4) is 5.75 Å². The number of anilines is 3. The van der Waals surface area contributed by atoms with Crippen LogP contribution < -0.4 is 15.0 Å². The van der Waals surface area contributed by atoms with Crippen LogP contribution >= 0.6 is 0 Å². The van der Waals surface area contributed by atoms with Crippen molar-refractivity contribution < 1.29 is 4.74 Å². The first-order chi connectivity index (χ1) is 11.1. The normalized spacial score (nSPS) is 15.5. The smallest absolute Gasteiger partial charge is 0.227 e. The standard InChI is InChI=1S/C18H24N4O/c1-13-7-9-22(10-8-13)18-19-14(2)11-17(21-18)20-15-5-4-6-16(12-15)23-3/h4-6,11-13H,7-10H2,1-3H3,(H,19,20,21). The molecule has 3 rings (SSSR count). The van der Waals surface area contributed by atoms with Crippen LogP contribution in [0.3, 0.4) is 0 Å². The first-order valence-electron chi connectivity index (χ1n) is 8.16. The number of nitrogens with zero attached hydrogens (tertiary/aromatic N) is 3. The molecule has 23 heavy (non-hydrogen) atoms. The van der Waals surface area contributed by atoms with Crippen molar-refractivity contribution in [2.75, 3.05) is 30.4 Å². The summed E-state index contributed by atoms with van der Waals surface area (Å²) in [5.41, 5.74) is 1.93. The van der Waals surface area contributed by atoms with Crippen LogP contribution in [0.1, 0.15) is 25.5 Å². The Kier molecular flexibility index (Phi) is 4.65. The number of piperidine rings is 1. The highest BCUT2D eigenvalue weighted by atomic mass is 16.5. The quantitative estimate of drug-likeness (QED) is 0.931. The molecule has 0 amide bonds. The van der Waals surface area contributed by atoms with E-state index in [0.29, 0.717) is 0 Å². The molecule has 1 fully saturated rings. The fraction of sp³-hybridized carbons (Fsp3) is 0.444. The van der Waals surface area contributed by atoms with Gasteiger partial charge in [0.15, 0.2) is 0 Å². The van der Waals surface area contributed by atoms with Gasteiger partial charge in [0.25, 0.3) is 0 Å². The summed E-state index contributed by atoms with van der Waals surface area (Å²) in [5, 5.41) is 3.35. The molecule has 5 nitrogen and oxygen atoms in total. The number of hydrogen-bond acceptors (Lipinski definition) is 5. The van der Waals surface area contributed by atoms with Gasteiger partial charge in [0.05, 0.1) is 7.11 Å². The molecule has 0 radical (unpaired) electrons. The highest BCUT2D eigenvalue weighted by Crippen LogP contribution is 2.24. The van der Waals surface area contributed by atoms with Crippen molar-refractivity contribution in [1.29, 1.82) is 0 Å². The average molecular weight is 312 g/mol. The van der Waals surface area contributed by atoms with E-state index in [2.05, 4.69) is 22.1 Å². The summed E-state index contributed by atoms with van der Waals surface area (Å²) in [6, 6.07) is 9.82. The zero-order valence-electron chi connectivity index (χ0n) is 14.0. The highest BCUT2D eigenvalue weighted by molar-refractivity contribution is 5.59. The van der Waals surface area contributed by atoms with Gasteiger partial charge in [-0.25, -0.2) is 4.98 Å². The first kappa shape index (κ1) is 15.6. The van der Waals surface area contributed by atoms with E-state index < -0.39 is 0 Å². The Morgan fingerprint density at radius 1 is 1.17 bits per heavy atom. The van der Waals surface area contributed by atoms with E-state index in [0.717, 1.165) is 47.9 Å². The van der Waals surface area contributed by atoms with Crippen LogP contribution in [0.25, 0.3) is 0 Å². The molecule has 1 aromatic heterocycles. The van der Waals surface area contributed by atoms with Crippen LogP contribution in [0.2, 0.25) is 0 Å². The lowest BCUT2D eigenvalue weighted by molar-refractivity contribution is 0.415. The third-order valence-corrected chi connectivity index (χ3v) is 4.25. The molecule has 0 saturated carbocycles. The SMILES string of the molecule is COc1cccc(Nc2cc(C)nc(N3CCC(C)CC3)n2)c1. The van der Waals surface area contributed by atoms with Crippen LogP contribution in [-0.2, 0) is 0 Å². The van der Waals surface area contributed by atoms with Crippen molar-refractivity contribution in [2.24, 2.45) is 5.92 Å². The fourth-order valence-electron chi connectivity index (χ4n) is 2.82. The maximum atomic E-state index is 5.26. The fourth-order valence-corrected chi connectivity index (χ4v) is 2.82. The Bertz CT molecular complexity index is 666. The summed E-state index contributed by atoms with van der Waals surface area (Å²) in [6.45, 7) is 6.38. The Morgan fingerprint density at radius 2 is 1.96 bits per heavy atom. The average Bonchev–Trinajstić information content (AvgIpc) is 2.55. The molecule has 5 heteroatoms. The minimum absolute atomic E-state index is 0.797. The minimum atomic E-state index is 0.797. The highest BCUT2D eigenvalue weighted by Gasteiger charge is 2.18. The molecule has 0 atom stereocenters. The summed E-state index contributed by atoms with van der Waals surface area (Å²) in [4.78, 5) is 11.6. The number of aromatic nitrogens is 2. The summed E-state index contributed by atoms with van der Waals surface area (Å²) >= 11 is 0. The number of rotatable bonds is 4. The van der Waals surface area contributed by atoms with Gasteiger partial charge in [0.2, 0.25) is 5.95 Å². The molecule has 0 bridgehead atoms. The minimum Gasteiger partial charge on any atom is -0.497 e. The maximum absolute atomic E-state index is 5.26. The predicted octanol–water partition coefficient (Wildman–Crippen LogP) is 3.77. The largest absolute Gasteiger partial charge is 0.497 e. The molecular formula is C18H24N4O. The topological polar surface area (TPSA) is 50.3 Å². The predicted molar refractivity (Wildman–Crippen MR) is 93.7 cm³/mol. The third-order valence-electron chi connectivity index (χ3n) is 4.25. The molecule has 1 aliphatic heterocycles. The Balaban J connectivity index is 1.79. The van der Waals surface area contributed by atoms with E-state index in [4.69, 9.17) is 9.72 Å². The monoisotopic (exact) mass is 312 g/mol. The molecule has 1 saturated heterocycles. The van der Waals surface area contributed by atoms with Crippen molar-refractivity contribution in [3.05, 3.63) is 36.0 Å². The summed E-state index contributed by atoms with van der Waals surface area (Å²) in [5.74, 6) is 3.26. The van der Waals surface area contributed by atoms with E-state index in [1.54, 1.807) is 7.11 Å². The van der Waals surface area contributed by atoms with Gasteiger partial charge in [-0.1, -0.05) is 13.0 Å². The van der Waals surface area contributed by atoms with Crippen molar-refractivity contribution in [3.63, 3.8) is 0 Å². The molecule has 0 spiro atoms. The van der Waals surface area contributed by atoms with Gasteiger partial charge >= 0.3 is 0 Å². The van der Waals surface area contributed by atoms with E-state index in [9.17, 15) is 0 Å². The second-order valence-corrected chi connectivity index (χ2v) is 6.22. The molecule has 0 aliphatic carbocycles. The number of hydrogen-bond donors (Lipinski definition) is 1. The van der Waals surface area contributed by atoms with Gasteiger partial charge < -0.3 is 15.0 Å². The van der Waals surface area contributed by atoms with E-state index in [1.165, 1.54) is 12.8 Å². The van der Waals surface area contributed by atoms with E-state index in [1.807, 2.05) is 37.3 Å². The van der Waals surface area contributed by atoms with Gasteiger partial charge in [-0.05, 0) is 37.8 Å². The summed E-state index contributed by atoms with van der Waals surface area (Å²) in [6.07, 6.45) is 2.41. The second-order valence-electron chi connectivity index (χ2n) is 6.22. The van der Waals surface area contributed by atoms with Crippen molar-refractivity contribution in [1.82, 2.24) is 9.97 Å². The first-order valence-corrected chi connectivity index (χ1v) is 8.16. The number of methoxy groups -OCH3 is 1. The zero-order chi connectivity index (χ0) is 16.2. The lowest BCUT2D eigenvalue weighted by atomic mass is 10.00. The zero-order valence-corrected chi connectivity index (χ0v) is 14.0. The van der Waals surface area contributed by atoms with Gasteiger partial charge in [0.1, 0.15) is 11.6 Å². The number of aryl methyl sites for hydroxylation is 1. The van der Waals surface area contributed by atoms with Gasteiger partial charge in [0, 0.05) is 36.6 Å². The van der Waals surface area contributed by atoms with E-state index in [-0.39, 0.29) is 0 Å². The third kappa shape index (κ3) is 3.92.